The largest absolute Gasteiger partial charge is 0.616 e. The lowest BCUT2D eigenvalue weighted by molar-refractivity contribution is 0.599. The summed E-state index contributed by atoms with van der Waals surface area (Å²) in [4.78, 5) is 4.58. The van der Waals surface area contributed by atoms with Gasteiger partial charge in [0.25, 0.3) is 0 Å². The van der Waals surface area contributed by atoms with Crippen molar-refractivity contribution in [2.45, 2.75) is 37.6 Å². The molecule has 0 amide bonds. The van der Waals surface area contributed by atoms with Crippen LogP contribution < -0.4 is 16.4 Å². The monoisotopic (exact) mass is 409 g/mol. The molecule has 8 nitrogen and oxygen atoms in total. The highest BCUT2D eigenvalue weighted by molar-refractivity contribution is 7.89. The van der Waals surface area contributed by atoms with Crippen LogP contribution in [-0.4, -0.2) is 31.4 Å². The van der Waals surface area contributed by atoms with Crippen LogP contribution in [0, 0.1) is 11.3 Å². The van der Waals surface area contributed by atoms with Gasteiger partial charge in [-0.05, 0) is 37.5 Å². The van der Waals surface area contributed by atoms with Crippen LogP contribution in [0.4, 0.5) is 17.3 Å². The quantitative estimate of drug-likeness (QED) is 0.512. The third kappa shape index (κ3) is 4.29. The van der Waals surface area contributed by atoms with E-state index in [0.29, 0.717) is 28.8 Å². The number of nitriles is 1. The Balaban J connectivity index is 1.70. The molecule has 4 N–H and O–H groups in total. The maximum Gasteiger partial charge on any atom is 0.177 e. The van der Waals surface area contributed by atoms with Gasteiger partial charge in [-0.25, -0.2) is 4.98 Å². The van der Waals surface area contributed by atoms with E-state index in [1.807, 2.05) is 31.2 Å². The minimum atomic E-state index is -0.976. The predicted octanol–water partition coefficient (Wildman–Crippen LogP) is 2.82. The standard InChI is InChI=1S/C20H23N7OS/c1-12(22)17-6-5-16(7-13(17)11-29(2)28)24-18-8-19(25-15-3-4-15)27-20(26-18)14(9-21)10-23-27/h5-8,10,12,15,25H,3-4,11,22H2,1-2H3,(H,24,26)/t12-,29?/m0/s1. The van der Waals surface area contributed by atoms with Crippen molar-refractivity contribution in [2.75, 3.05) is 16.9 Å². The molecule has 0 saturated heterocycles. The molecule has 4 rings (SSSR count). The summed E-state index contributed by atoms with van der Waals surface area (Å²) in [6, 6.07) is 10.2. The highest BCUT2D eigenvalue weighted by Gasteiger charge is 2.23. The van der Waals surface area contributed by atoms with Crippen LogP contribution in [0.2, 0.25) is 0 Å². The molecule has 150 valence electrons. The average Bonchev–Trinajstić information content (AvgIpc) is 3.37. The minimum Gasteiger partial charge on any atom is -0.616 e. The van der Waals surface area contributed by atoms with E-state index in [2.05, 4.69) is 26.8 Å². The zero-order chi connectivity index (χ0) is 20.5. The first-order valence-electron chi connectivity index (χ1n) is 9.45. The summed E-state index contributed by atoms with van der Waals surface area (Å²) >= 11 is -0.976. The lowest BCUT2D eigenvalue weighted by Crippen LogP contribution is -2.12. The SMILES string of the molecule is C[C@H](N)c1ccc(Nc2cc(NC3CC3)n3ncc(C#N)c3n2)cc1C[S+](C)[O-]. The van der Waals surface area contributed by atoms with Gasteiger partial charge < -0.3 is 20.9 Å². The summed E-state index contributed by atoms with van der Waals surface area (Å²) in [5.41, 5.74) is 9.74. The van der Waals surface area contributed by atoms with E-state index in [-0.39, 0.29) is 6.04 Å². The van der Waals surface area contributed by atoms with E-state index in [4.69, 9.17) is 5.73 Å². The fourth-order valence-corrected chi connectivity index (χ4v) is 3.95. The van der Waals surface area contributed by atoms with Crippen LogP contribution in [0.1, 0.15) is 42.5 Å². The number of benzene rings is 1. The normalized spacial score (nSPS) is 15.7. The molecule has 0 bridgehead atoms. The molecule has 1 unspecified atom stereocenters. The summed E-state index contributed by atoms with van der Waals surface area (Å²) in [5, 5.41) is 20.4. The van der Waals surface area contributed by atoms with E-state index in [1.165, 1.54) is 6.20 Å². The van der Waals surface area contributed by atoms with Crippen molar-refractivity contribution in [1.82, 2.24) is 14.6 Å². The molecule has 2 aromatic heterocycles. The number of nitrogens with two attached hydrogens (primary N) is 1. The number of aromatic nitrogens is 3. The van der Waals surface area contributed by atoms with Crippen molar-refractivity contribution in [3.8, 4) is 6.07 Å². The molecule has 0 radical (unpaired) electrons. The third-order valence-corrected chi connectivity index (χ3v) is 5.50. The van der Waals surface area contributed by atoms with Crippen molar-refractivity contribution in [1.29, 1.82) is 5.26 Å². The van der Waals surface area contributed by atoms with Crippen LogP contribution in [0.5, 0.6) is 0 Å². The maximum atomic E-state index is 11.8. The Labute approximate surface area is 172 Å². The smallest absolute Gasteiger partial charge is 0.177 e. The molecule has 3 aromatic rings. The lowest BCUT2D eigenvalue weighted by atomic mass is 10.0. The Morgan fingerprint density at radius 2 is 2.21 bits per heavy atom. The second-order valence-electron chi connectivity index (χ2n) is 7.40. The molecule has 2 atom stereocenters. The lowest BCUT2D eigenvalue weighted by Gasteiger charge is -2.16. The van der Waals surface area contributed by atoms with Crippen LogP contribution in [-0.2, 0) is 16.9 Å². The zero-order valence-electron chi connectivity index (χ0n) is 16.3. The number of hydrogen-bond acceptors (Lipinski definition) is 7. The van der Waals surface area contributed by atoms with Crippen molar-refractivity contribution in [2.24, 2.45) is 5.73 Å². The van der Waals surface area contributed by atoms with Gasteiger partial charge in [0.2, 0.25) is 0 Å². The summed E-state index contributed by atoms with van der Waals surface area (Å²) in [5.74, 6) is 1.84. The molecule has 0 spiro atoms. The molecular weight excluding hydrogens is 386 g/mol. The molecule has 1 aromatic carbocycles. The molecule has 0 aliphatic heterocycles. The Hall–Kier alpha value is -2.80. The number of hydrogen-bond donors (Lipinski definition) is 3. The fraction of sp³-hybridized carbons (Fsp3) is 0.350. The first kappa shape index (κ1) is 19.5. The topological polar surface area (TPSA) is 127 Å². The van der Waals surface area contributed by atoms with Crippen LogP contribution in [0.3, 0.4) is 0 Å². The van der Waals surface area contributed by atoms with Gasteiger partial charge in [0, 0.05) is 29.4 Å². The molecule has 29 heavy (non-hydrogen) atoms. The molecule has 2 heterocycles. The Morgan fingerprint density at radius 1 is 1.41 bits per heavy atom. The third-order valence-electron chi connectivity index (χ3n) is 4.79. The molecular formula is C20H23N7OS. The molecule has 1 fully saturated rings. The van der Waals surface area contributed by atoms with E-state index >= 15 is 0 Å². The van der Waals surface area contributed by atoms with Crippen LogP contribution in [0.15, 0.2) is 30.5 Å². The van der Waals surface area contributed by atoms with Gasteiger partial charge in [0.1, 0.15) is 29.0 Å². The Morgan fingerprint density at radius 3 is 2.86 bits per heavy atom. The van der Waals surface area contributed by atoms with Gasteiger partial charge in [-0.3, -0.25) is 0 Å². The van der Waals surface area contributed by atoms with Gasteiger partial charge in [-0.15, -0.1) is 0 Å². The molecule has 1 aliphatic carbocycles. The van der Waals surface area contributed by atoms with E-state index in [0.717, 1.165) is 35.5 Å². The summed E-state index contributed by atoms with van der Waals surface area (Å²) in [6.07, 6.45) is 5.44. The second kappa shape index (κ2) is 7.91. The molecule has 1 aliphatic rings. The maximum absolute atomic E-state index is 11.8. The number of anilines is 3. The van der Waals surface area contributed by atoms with Crippen molar-refractivity contribution in [3.05, 3.63) is 47.2 Å². The van der Waals surface area contributed by atoms with E-state index in [9.17, 15) is 9.81 Å². The predicted molar refractivity (Wildman–Crippen MR) is 114 cm³/mol. The minimum absolute atomic E-state index is 0.142. The number of fused-ring (bicyclic) bond motifs is 1. The number of nitrogens with zero attached hydrogens (tertiary/aromatic N) is 4. The van der Waals surface area contributed by atoms with Gasteiger partial charge in [0.15, 0.2) is 5.65 Å². The average molecular weight is 410 g/mol. The summed E-state index contributed by atoms with van der Waals surface area (Å²) < 4.78 is 13.4. The first-order chi connectivity index (χ1) is 13.9. The summed E-state index contributed by atoms with van der Waals surface area (Å²) in [7, 11) is 0. The van der Waals surface area contributed by atoms with Gasteiger partial charge >= 0.3 is 0 Å². The van der Waals surface area contributed by atoms with Crippen molar-refractivity contribution < 1.29 is 4.55 Å². The second-order valence-corrected chi connectivity index (χ2v) is 8.83. The molecule has 9 heteroatoms. The fourth-order valence-electron chi connectivity index (χ4n) is 3.26. The van der Waals surface area contributed by atoms with E-state index < -0.39 is 11.2 Å². The zero-order valence-corrected chi connectivity index (χ0v) is 17.2. The van der Waals surface area contributed by atoms with Gasteiger partial charge in [-0.1, -0.05) is 17.2 Å². The Bertz CT molecular complexity index is 1080. The van der Waals surface area contributed by atoms with Gasteiger partial charge in [-0.2, -0.15) is 14.9 Å². The number of rotatable bonds is 7. The van der Waals surface area contributed by atoms with Crippen LogP contribution in [0.25, 0.3) is 5.65 Å². The molecule has 1 saturated carbocycles. The van der Waals surface area contributed by atoms with Crippen molar-refractivity contribution >= 4 is 34.1 Å². The summed E-state index contributed by atoms with van der Waals surface area (Å²) in [6.45, 7) is 1.92. The first-order valence-corrected chi connectivity index (χ1v) is 11.2. The van der Waals surface area contributed by atoms with E-state index in [1.54, 1.807) is 10.8 Å². The highest BCUT2D eigenvalue weighted by Crippen LogP contribution is 2.29. The van der Waals surface area contributed by atoms with Gasteiger partial charge in [0.05, 0.1) is 12.5 Å². The van der Waals surface area contributed by atoms with Crippen molar-refractivity contribution in [3.63, 3.8) is 0 Å². The Kier molecular flexibility index (Phi) is 5.32. The number of nitrogens with one attached hydrogen (secondary N) is 2. The highest BCUT2D eigenvalue weighted by atomic mass is 32.2. The van der Waals surface area contributed by atoms with Crippen LogP contribution >= 0.6 is 0 Å².